The largest absolute Gasteiger partial charge is 0.457 e. The third-order valence-electron chi connectivity index (χ3n) is 13.5. The van der Waals surface area contributed by atoms with Crippen molar-refractivity contribution in [1.29, 1.82) is 0 Å². The van der Waals surface area contributed by atoms with Gasteiger partial charge in [-0.1, -0.05) is 95.6 Å². The monoisotopic (exact) mass is 778 g/mol. The molecule has 2 aromatic heterocycles. The number of fused-ring (bicyclic) bond motifs is 6. The maximum atomic E-state index is 6.97. The number of rotatable bonds is 5. The van der Waals surface area contributed by atoms with E-state index in [0.717, 1.165) is 51.7 Å². The molecule has 9 rings (SSSR count). The molecule has 1 aliphatic heterocycles. The zero-order chi connectivity index (χ0) is 42.0. The van der Waals surface area contributed by atoms with Crippen molar-refractivity contribution in [2.75, 3.05) is 4.90 Å². The van der Waals surface area contributed by atoms with E-state index in [-0.39, 0.29) is 21.9 Å². The molecule has 0 radical (unpaired) electrons. The van der Waals surface area contributed by atoms with E-state index in [1.165, 1.54) is 61.0 Å². The summed E-state index contributed by atoms with van der Waals surface area (Å²) in [5, 5.41) is 2.39. The molecule has 0 saturated heterocycles. The maximum absolute atomic E-state index is 6.97. The Morgan fingerprint density at radius 1 is 0.644 bits per heavy atom. The van der Waals surface area contributed by atoms with E-state index in [1.807, 2.05) is 6.20 Å². The normalized spacial score (nSPS) is 19.1. The molecular formula is C54H58N4O. The molecule has 59 heavy (non-hydrogen) atoms. The maximum Gasteiger partial charge on any atom is 0.137 e. The molecule has 5 heteroatoms. The number of nitrogens with zero attached hydrogens (tertiary/aromatic N) is 4. The SMILES string of the molecule is Cc1cc(C)c(N2C(c3ccc(C)c(Oc4ccc5c6cc(C(C)(C)C)ccc6n(-c6cc(C(C)(C)C)ccn6)c5c4)c3)=N[C@]3(C)Cc4c(C)cccc4[C@]23C)c(C)c1. The highest BCUT2D eigenvalue weighted by atomic mass is 16.5. The summed E-state index contributed by atoms with van der Waals surface area (Å²) in [6, 6.07) is 35.8. The third kappa shape index (κ3) is 6.02. The van der Waals surface area contributed by atoms with Gasteiger partial charge in [0.1, 0.15) is 23.2 Å². The number of pyridine rings is 1. The van der Waals surface area contributed by atoms with Gasteiger partial charge >= 0.3 is 0 Å². The van der Waals surface area contributed by atoms with Crippen LogP contribution in [0.5, 0.6) is 11.5 Å². The quantitative estimate of drug-likeness (QED) is 0.175. The van der Waals surface area contributed by atoms with E-state index in [0.29, 0.717) is 0 Å². The summed E-state index contributed by atoms with van der Waals surface area (Å²) in [5.41, 5.74) is 15.2. The van der Waals surface area contributed by atoms with E-state index >= 15 is 0 Å². The number of aliphatic imine (C=N–C) groups is 1. The van der Waals surface area contributed by atoms with E-state index in [2.05, 4.69) is 197 Å². The zero-order valence-electron chi connectivity index (χ0n) is 37.2. The first-order valence-electron chi connectivity index (χ1n) is 21.2. The fourth-order valence-corrected chi connectivity index (χ4v) is 10.0. The standard InChI is InChI=1S/C54H58N4O/c1-32-25-35(4)49(36(5)26-32)58-50(56-53(12)31-43-33(2)15-14-16-44(43)54(53,58)13)37-18-17-34(3)47(27-37)59-40-20-21-41-42-28-38(51(6,7)8)19-22-45(42)57(46(41)30-40)48-29-39(23-24-55-48)52(9,10)11/h14-30H,31H2,1-13H3/t53-,54+/m1/s1. The van der Waals surface area contributed by atoms with Gasteiger partial charge in [0, 0.05) is 40.7 Å². The Kier molecular flexibility index (Phi) is 8.66. The van der Waals surface area contributed by atoms with Crippen LogP contribution in [0.1, 0.15) is 111 Å². The van der Waals surface area contributed by atoms with Crippen LogP contribution in [-0.2, 0) is 22.8 Å². The smallest absolute Gasteiger partial charge is 0.137 e. The molecule has 0 N–H and O–H groups in total. The summed E-state index contributed by atoms with van der Waals surface area (Å²) < 4.78 is 9.28. The Bertz CT molecular complexity index is 2870. The van der Waals surface area contributed by atoms with E-state index < -0.39 is 0 Å². The average Bonchev–Trinajstić information content (AvgIpc) is 3.69. The molecule has 0 unspecified atom stereocenters. The number of anilines is 1. The van der Waals surface area contributed by atoms with Gasteiger partial charge < -0.3 is 9.64 Å². The Morgan fingerprint density at radius 2 is 1.36 bits per heavy atom. The first-order valence-corrected chi connectivity index (χ1v) is 21.2. The molecule has 1 aliphatic carbocycles. The second kappa shape index (κ2) is 13.2. The number of benzene rings is 5. The molecule has 0 saturated carbocycles. The number of aromatic nitrogens is 2. The lowest BCUT2D eigenvalue weighted by atomic mass is 9.79. The number of ether oxygens (including phenoxy) is 1. The molecule has 0 fully saturated rings. The molecule has 300 valence electrons. The minimum Gasteiger partial charge on any atom is -0.457 e. The van der Waals surface area contributed by atoms with Crippen LogP contribution in [0.4, 0.5) is 5.69 Å². The fraction of sp³-hybridized carbons (Fsp3) is 0.333. The van der Waals surface area contributed by atoms with Gasteiger partial charge in [-0.25, -0.2) is 4.98 Å². The predicted octanol–water partition coefficient (Wildman–Crippen LogP) is 13.6. The van der Waals surface area contributed by atoms with E-state index in [9.17, 15) is 0 Å². The Balaban J connectivity index is 1.18. The van der Waals surface area contributed by atoms with Gasteiger partial charge in [0.25, 0.3) is 0 Å². The van der Waals surface area contributed by atoms with Crippen LogP contribution in [0.25, 0.3) is 27.6 Å². The van der Waals surface area contributed by atoms with Crippen molar-refractivity contribution in [3.63, 3.8) is 0 Å². The predicted molar refractivity (Wildman–Crippen MR) is 248 cm³/mol. The Labute approximate surface area is 350 Å². The summed E-state index contributed by atoms with van der Waals surface area (Å²) >= 11 is 0. The zero-order valence-corrected chi connectivity index (χ0v) is 37.2. The molecule has 2 aliphatic rings. The van der Waals surface area contributed by atoms with Gasteiger partial charge in [0.05, 0.1) is 22.1 Å². The van der Waals surface area contributed by atoms with Crippen molar-refractivity contribution in [3.8, 4) is 17.3 Å². The van der Waals surface area contributed by atoms with Crippen LogP contribution in [-0.4, -0.2) is 20.9 Å². The van der Waals surface area contributed by atoms with Crippen molar-refractivity contribution in [3.05, 3.63) is 159 Å². The molecule has 2 atom stereocenters. The first kappa shape index (κ1) is 38.8. The molecule has 0 amide bonds. The van der Waals surface area contributed by atoms with Crippen LogP contribution < -0.4 is 9.64 Å². The van der Waals surface area contributed by atoms with E-state index in [1.54, 1.807) is 0 Å². The number of amidine groups is 1. The second-order valence-corrected chi connectivity index (χ2v) is 19.9. The second-order valence-electron chi connectivity index (χ2n) is 19.9. The summed E-state index contributed by atoms with van der Waals surface area (Å²) in [6.45, 7) is 29.4. The van der Waals surface area contributed by atoms with Crippen molar-refractivity contribution < 1.29 is 4.74 Å². The highest BCUT2D eigenvalue weighted by Gasteiger charge is 2.61. The molecule has 0 spiro atoms. The van der Waals surface area contributed by atoms with Crippen LogP contribution >= 0.6 is 0 Å². The summed E-state index contributed by atoms with van der Waals surface area (Å²) in [4.78, 5) is 13.3. The lowest BCUT2D eigenvalue weighted by Crippen LogP contribution is -2.52. The number of hydrogen-bond acceptors (Lipinski definition) is 4. The van der Waals surface area contributed by atoms with Crippen molar-refractivity contribution in [2.24, 2.45) is 4.99 Å². The number of aryl methyl sites for hydroxylation is 5. The molecule has 5 nitrogen and oxygen atoms in total. The minimum absolute atomic E-state index is 0.0153. The lowest BCUT2D eigenvalue weighted by Gasteiger charge is -2.43. The van der Waals surface area contributed by atoms with Gasteiger partial charge in [0.2, 0.25) is 0 Å². The number of hydrogen-bond donors (Lipinski definition) is 0. The van der Waals surface area contributed by atoms with Crippen LogP contribution in [0.15, 0.2) is 108 Å². The Hall–Kier alpha value is -5.68. The minimum atomic E-state index is -0.385. The summed E-state index contributed by atoms with van der Waals surface area (Å²) in [6.07, 6.45) is 2.83. The lowest BCUT2D eigenvalue weighted by molar-refractivity contribution is 0.321. The summed E-state index contributed by atoms with van der Waals surface area (Å²) in [5.74, 6) is 3.48. The molecular weight excluding hydrogens is 721 g/mol. The van der Waals surface area contributed by atoms with Crippen molar-refractivity contribution in [2.45, 2.75) is 118 Å². The van der Waals surface area contributed by atoms with Gasteiger partial charge in [-0.3, -0.25) is 9.56 Å². The topological polar surface area (TPSA) is 42.6 Å². The van der Waals surface area contributed by atoms with Gasteiger partial charge in [-0.15, -0.1) is 0 Å². The summed E-state index contributed by atoms with van der Waals surface area (Å²) in [7, 11) is 0. The highest BCUT2D eigenvalue weighted by Crippen LogP contribution is 2.57. The Morgan fingerprint density at radius 3 is 2.07 bits per heavy atom. The molecule has 3 heterocycles. The van der Waals surface area contributed by atoms with Crippen molar-refractivity contribution in [1.82, 2.24) is 9.55 Å². The molecule has 7 aromatic rings. The highest BCUT2D eigenvalue weighted by molar-refractivity contribution is 6.14. The molecule has 5 aromatic carbocycles. The van der Waals surface area contributed by atoms with Crippen molar-refractivity contribution >= 4 is 33.3 Å². The van der Waals surface area contributed by atoms with Crippen LogP contribution in [0.3, 0.4) is 0 Å². The first-order chi connectivity index (χ1) is 27.8. The van der Waals surface area contributed by atoms with Crippen LogP contribution in [0.2, 0.25) is 0 Å². The van der Waals surface area contributed by atoms with Crippen LogP contribution in [0, 0.1) is 34.6 Å². The average molecular weight is 779 g/mol. The van der Waals surface area contributed by atoms with Gasteiger partial charge in [-0.2, -0.15) is 0 Å². The van der Waals surface area contributed by atoms with Gasteiger partial charge in [0.15, 0.2) is 0 Å². The van der Waals surface area contributed by atoms with Gasteiger partial charge in [-0.05, 0) is 146 Å². The molecule has 0 bridgehead atoms. The fourth-order valence-electron chi connectivity index (χ4n) is 10.0. The van der Waals surface area contributed by atoms with E-state index in [4.69, 9.17) is 14.7 Å². The third-order valence-corrected chi connectivity index (χ3v) is 13.5.